The standard InChI is InChI=1S/C15H26O3/c1-3-5-14(12-17)10-13-6-4-7-15(2,11-13)18-9-8-16/h1,13-14,16-17H,4-12H2,2H3/t13-,14+,15?/m0/s1. The normalized spacial score (nSPS) is 29.8. The predicted octanol–water partition coefficient (Wildman–Crippen LogP) is 1.97. The third-order valence-electron chi connectivity index (χ3n) is 3.91. The van der Waals surface area contributed by atoms with Gasteiger partial charge in [0.05, 0.1) is 18.8 Å². The van der Waals surface area contributed by atoms with Crippen molar-refractivity contribution in [1.29, 1.82) is 0 Å². The van der Waals surface area contributed by atoms with Crippen molar-refractivity contribution in [3.8, 4) is 12.3 Å². The van der Waals surface area contributed by atoms with Crippen LogP contribution >= 0.6 is 0 Å². The van der Waals surface area contributed by atoms with Crippen LogP contribution < -0.4 is 0 Å². The lowest BCUT2D eigenvalue weighted by Crippen LogP contribution is -2.36. The topological polar surface area (TPSA) is 49.7 Å². The highest BCUT2D eigenvalue weighted by molar-refractivity contribution is 4.90. The Balaban J connectivity index is 2.45. The van der Waals surface area contributed by atoms with Gasteiger partial charge >= 0.3 is 0 Å². The van der Waals surface area contributed by atoms with E-state index in [0.29, 0.717) is 18.9 Å². The minimum atomic E-state index is -0.109. The van der Waals surface area contributed by atoms with Crippen LogP contribution in [-0.4, -0.2) is 35.6 Å². The molecule has 18 heavy (non-hydrogen) atoms. The zero-order valence-corrected chi connectivity index (χ0v) is 11.4. The molecule has 1 saturated carbocycles. The van der Waals surface area contributed by atoms with Gasteiger partial charge in [0, 0.05) is 13.0 Å². The average molecular weight is 254 g/mol. The van der Waals surface area contributed by atoms with Crippen LogP contribution in [0.5, 0.6) is 0 Å². The fraction of sp³-hybridized carbons (Fsp3) is 0.867. The molecule has 1 fully saturated rings. The fourth-order valence-corrected chi connectivity index (χ4v) is 3.06. The van der Waals surface area contributed by atoms with Crippen molar-refractivity contribution in [3.63, 3.8) is 0 Å². The number of ether oxygens (including phenoxy) is 1. The molecule has 0 aromatic carbocycles. The molecule has 3 heteroatoms. The van der Waals surface area contributed by atoms with Gasteiger partial charge in [0.2, 0.25) is 0 Å². The quantitative estimate of drug-likeness (QED) is 0.683. The summed E-state index contributed by atoms with van der Waals surface area (Å²) < 4.78 is 5.77. The zero-order chi connectivity index (χ0) is 13.4. The van der Waals surface area contributed by atoms with Crippen LogP contribution in [0.25, 0.3) is 0 Å². The average Bonchev–Trinajstić information content (AvgIpc) is 2.36. The lowest BCUT2D eigenvalue weighted by molar-refractivity contribution is -0.0819. The van der Waals surface area contributed by atoms with Gasteiger partial charge in [-0.25, -0.2) is 0 Å². The molecular weight excluding hydrogens is 228 g/mol. The molecule has 1 aliphatic rings. The predicted molar refractivity (Wildman–Crippen MR) is 72.0 cm³/mol. The van der Waals surface area contributed by atoms with E-state index in [2.05, 4.69) is 12.8 Å². The van der Waals surface area contributed by atoms with Crippen LogP contribution in [-0.2, 0) is 4.74 Å². The molecule has 0 amide bonds. The molecule has 0 heterocycles. The van der Waals surface area contributed by atoms with Gasteiger partial charge in [-0.05, 0) is 38.0 Å². The van der Waals surface area contributed by atoms with Crippen LogP contribution in [0.15, 0.2) is 0 Å². The van der Waals surface area contributed by atoms with Crippen molar-refractivity contribution in [2.75, 3.05) is 19.8 Å². The first kappa shape index (κ1) is 15.5. The van der Waals surface area contributed by atoms with Gasteiger partial charge in [-0.15, -0.1) is 12.3 Å². The minimum absolute atomic E-state index is 0.0800. The molecule has 2 N–H and O–H groups in total. The number of hydrogen-bond acceptors (Lipinski definition) is 3. The first-order chi connectivity index (χ1) is 8.63. The molecule has 0 spiro atoms. The molecule has 3 atom stereocenters. The maximum absolute atomic E-state index is 9.30. The van der Waals surface area contributed by atoms with Crippen molar-refractivity contribution in [2.45, 2.75) is 51.0 Å². The highest BCUT2D eigenvalue weighted by Crippen LogP contribution is 2.38. The smallest absolute Gasteiger partial charge is 0.0705 e. The van der Waals surface area contributed by atoms with Gasteiger partial charge < -0.3 is 14.9 Å². The van der Waals surface area contributed by atoms with Crippen molar-refractivity contribution >= 4 is 0 Å². The van der Waals surface area contributed by atoms with Gasteiger partial charge in [-0.1, -0.05) is 12.8 Å². The summed E-state index contributed by atoms with van der Waals surface area (Å²) >= 11 is 0. The maximum atomic E-state index is 9.30. The summed E-state index contributed by atoms with van der Waals surface area (Å²) in [6.07, 6.45) is 11.4. The van der Waals surface area contributed by atoms with Crippen LogP contribution in [0.3, 0.4) is 0 Å². The Hall–Kier alpha value is -0.560. The Kier molecular flexibility index (Phi) is 6.70. The largest absolute Gasteiger partial charge is 0.396 e. The summed E-state index contributed by atoms with van der Waals surface area (Å²) in [7, 11) is 0. The van der Waals surface area contributed by atoms with Crippen molar-refractivity contribution < 1.29 is 14.9 Å². The lowest BCUT2D eigenvalue weighted by atomic mass is 9.75. The Morgan fingerprint density at radius 2 is 2.28 bits per heavy atom. The number of aliphatic hydroxyl groups is 2. The molecule has 0 bridgehead atoms. The molecule has 104 valence electrons. The number of aliphatic hydroxyl groups excluding tert-OH is 2. The monoisotopic (exact) mass is 254 g/mol. The Morgan fingerprint density at radius 1 is 1.50 bits per heavy atom. The van der Waals surface area contributed by atoms with E-state index >= 15 is 0 Å². The summed E-state index contributed by atoms with van der Waals surface area (Å²) in [6.45, 7) is 2.80. The van der Waals surface area contributed by atoms with Gasteiger partial charge in [-0.2, -0.15) is 0 Å². The van der Waals surface area contributed by atoms with E-state index in [4.69, 9.17) is 16.3 Å². The van der Waals surface area contributed by atoms with Gasteiger partial charge in [0.1, 0.15) is 0 Å². The molecule has 1 unspecified atom stereocenters. The Labute approximate surface area is 111 Å². The van der Waals surface area contributed by atoms with Crippen molar-refractivity contribution in [1.82, 2.24) is 0 Å². The SMILES string of the molecule is C#CC[C@@H](CO)C[C@@H]1CCCC(C)(OCCO)C1. The van der Waals surface area contributed by atoms with Crippen LogP contribution in [0, 0.1) is 24.2 Å². The second kappa shape index (κ2) is 7.78. The molecule has 0 aromatic heterocycles. The van der Waals surface area contributed by atoms with E-state index in [-0.39, 0.29) is 24.7 Å². The van der Waals surface area contributed by atoms with E-state index < -0.39 is 0 Å². The van der Waals surface area contributed by atoms with Crippen LogP contribution in [0.2, 0.25) is 0 Å². The number of hydrogen-bond donors (Lipinski definition) is 2. The highest BCUT2D eigenvalue weighted by Gasteiger charge is 2.33. The summed E-state index contributed by atoms with van der Waals surface area (Å²) in [5, 5.41) is 18.1. The van der Waals surface area contributed by atoms with E-state index in [0.717, 1.165) is 25.7 Å². The number of terminal acetylenes is 1. The highest BCUT2D eigenvalue weighted by atomic mass is 16.5. The van der Waals surface area contributed by atoms with E-state index in [9.17, 15) is 5.11 Å². The second-order valence-electron chi connectivity index (χ2n) is 5.68. The third kappa shape index (κ3) is 4.97. The Bertz CT molecular complexity index is 271. The minimum Gasteiger partial charge on any atom is -0.396 e. The third-order valence-corrected chi connectivity index (χ3v) is 3.91. The molecule has 0 saturated heterocycles. The van der Waals surface area contributed by atoms with E-state index in [1.807, 2.05) is 0 Å². The first-order valence-electron chi connectivity index (χ1n) is 6.92. The van der Waals surface area contributed by atoms with Crippen LogP contribution in [0.1, 0.15) is 45.4 Å². The summed E-state index contributed by atoms with van der Waals surface area (Å²) in [5.41, 5.74) is -0.109. The fourth-order valence-electron chi connectivity index (χ4n) is 3.06. The lowest BCUT2D eigenvalue weighted by Gasteiger charge is -2.39. The van der Waals surface area contributed by atoms with Crippen molar-refractivity contribution in [2.24, 2.45) is 11.8 Å². The summed E-state index contributed by atoms with van der Waals surface area (Å²) in [4.78, 5) is 0. The summed E-state index contributed by atoms with van der Waals surface area (Å²) in [5.74, 6) is 3.44. The molecule has 0 aliphatic heterocycles. The summed E-state index contributed by atoms with van der Waals surface area (Å²) in [6, 6.07) is 0. The molecular formula is C15H26O3. The number of rotatable bonds is 7. The van der Waals surface area contributed by atoms with E-state index in [1.165, 1.54) is 6.42 Å². The maximum Gasteiger partial charge on any atom is 0.0705 e. The molecule has 0 aromatic rings. The first-order valence-corrected chi connectivity index (χ1v) is 6.92. The molecule has 0 radical (unpaired) electrons. The second-order valence-corrected chi connectivity index (χ2v) is 5.68. The zero-order valence-electron chi connectivity index (χ0n) is 11.4. The van der Waals surface area contributed by atoms with Crippen LogP contribution in [0.4, 0.5) is 0 Å². The molecule has 1 aliphatic carbocycles. The van der Waals surface area contributed by atoms with E-state index in [1.54, 1.807) is 0 Å². The van der Waals surface area contributed by atoms with Gasteiger partial charge in [0.25, 0.3) is 0 Å². The molecule has 1 rings (SSSR count). The molecule has 3 nitrogen and oxygen atoms in total. The van der Waals surface area contributed by atoms with Gasteiger partial charge in [0.15, 0.2) is 0 Å². The van der Waals surface area contributed by atoms with Gasteiger partial charge in [-0.3, -0.25) is 0 Å². The Morgan fingerprint density at radius 3 is 2.89 bits per heavy atom. The van der Waals surface area contributed by atoms with Crippen molar-refractivity contribution in [3.05, 3.63) is 0 Å².